The first-order valence-electron chi connectivity index (χ1n) is 6.60. The van der Waals surface area contributed by atoms with Gasteiger partial charge in [0.2, 0.25) is 5.75 Å². The molecule has 1 amide bonds. The maximum absolute atomic E-state index is 11.8. The number of benzene rings is 2. The molecule has 116 valence electrons. The molecular formula is C16H13N3O4. The Morgan fingerprint density at radius 2 is 1.87 bits per heavy atom. The van der Waals surface area contributed by atoms with Gasteiger partial charge in [0.05, 0.1) is 16.6 Å². The summed E-state index contributed by atoms with van der Waals surface area (Å²) in [5.74, 6) is 0.231. The van der Waals surface area contributed by atoms with E-state index in [1.165, 1.54) is 17.0 Å². The van der Waals surface area contributed by atoms with E-state index < -0.39 is 4.92 Å². The Labute approximate surface area is 132 Å². The Morgan fingerprint density at radius 3 is 2.39 bits per heavy atom. The van der Waals surface area contributed by atoms with Crippen LogP contribution in [0, 0.1) is 21.4 Å². The number of amides is 1. The van der Waals surface area contributed by atoms with E-state index in [-0.39, 0.29) is 22.9 Å². The monoisotopic (exact) mass is 311 g/mol. The molecule has 0 bridgehead atoms. The second kappa shape index (κ2) is 6.58. The van der Waals surface area contributed by atoms with Gasteiger partial charge in [-0.15, -0.1) is 0 Å². The van der Waals surface area contributed by atoms with Crippen molar-refractivity contribution in [2.24, 2.45) is 0 Å². The van der Waals surface area contributed by atoms with Crippen molar-refractivity contribution >= 4 is 11.6 Å². The lowest BCUT2D eigenvalue weighted by Gasteiger charge is -2.11. The smallest absolute Gasteiger partial charge is 0.312 e. The molecule has 7 heteroatoms. The van der Waals surface area contributed by atoms with Gasteiger partial charge in [0.15, 0.2) is 0 Å². The van der Waals surface area contributed by atoms with Gasteiger partial charge in [-0.1, -0.05) is 0 Å². The quantitative estimate of drug-likeness (QED) is 0.638. The average Bonchev–Trinajstić information content (AvgIpc) is 2.55. The molecule has 0 radical (unpaired) electrons. The fourth-order valence-corrected chi connectivity index (χ4v) is 1.87. The molecule has 0 atom stereocenters. The number of ether oxygens (including phenoxy) is 1. The molecule has 0 fully saturated rings. The molecule has 0 heterocycles. The highest BCUT2D eigenvalue weighted by Crippen LogP contribution is 2.32. The minimum absolute atomic E-state index is 0.0284. The predicted molar refractivity (Wildman–Crippen MR) is 82.3 cm³/mol. The Bertz CT molecular complexity index is 792. The first-order chi connectivity index (χ1) is 10.9. The van der Waals surface area contributed by atoms with Crippen LogP contribution in [0.5, 0.6) is 11.5 Å². The summed E-state index contributed by atoms with van der Waals surface area (Å²) in [5.41, 5.74) is 0.366. The highest BCUT2D eigenvalue weighted by Gasteiger charge is 2.17. The largest absolute Gasteiger partial charge is 0.450 e. The lowest BCUT2D eigenvalue weighted by atomic mass is 10.2. The lowest BCUT2D eigenvalue weighted by Crippen LogP contribution is -2.21. The third kappa shape index (κ3) is 3.63. The number of hydrogen-bond donors (Lipinski definition) is 0. The maximum atomic E-state index is 11.8. The molecule has 0 aliphatic heterocycles. The number of nitrogens with zero attached hydrogens (tertiary/aromatic N) is 3. The molecule has 2 rings (SSSR count). The van der Waals surface area contributed by atoms with E-state index in [0.717, 1.165) is 6.07 Å². The van der Waals surface area contributed by atoms with Gasteiger partial charge in [0, 0.05) is 25.7 Å². The van der Waals surface area contributed by atoms with Crippen LogP contribution in [0.3, 0.4) is 0 Å². The molecule has 0 saturated carbocycles. The van der Waals surface area contributed by atoms with Gasteiger partial charge in [-0.2, -0.15) is 5.26 Å². The van der Waals surface area contributed by atoms with Gasteiger partial charge in [-0.05, 0) is 36.4 Å². The van der Waals surface area contributed by atoms with Gasteiger partial charge in [0.1, 0.15) is 5.75 Å². The van der Waals surface area contributed by atoms with Crippen LogP contribution in [-0.2, 0) is 0 Å². The van der Waals surface area contributed by atoms with Crippen LogP contribution in [0.25, 0.3) is 0 Å². The minimum atomic E-state index is -0.611. The summed E-state index contributed by atoms with van der Waals surface area (Å²) in [7, 11) is 3.29. The highest BCUT2D eigenvalue weighted by atomic mass is 16.6. The molecule has 2 aromatic rings. The third-order valence-electron chi connectivity index (χ3n) is 3.02. The number of nitro benzene ring substituents is 1. The Morgan fingerprint density at radius 1 is 1.22 bits per heavy atom. The van der Waals surface area contributed by atoms with E-state index >= 15 is 0 Å². The molecule has 7 nitrogen and oxygen atoms in total. The molecule has 0 spiro atoms. The zero-order chi connectivity index (χ0) is 17.0. The van der Waals surface area contributed by atoms with Crippen LogP contribution in [0.4, 0.5) is 5.69 Å². The van der Waals surface area contributed by atoms with E-state index in [2.05, 4.69) is 0 Å². The number of carbonyl (C=O) groups is 1. The lowest BCUT2D eigenvalue weighted by molar-refractivity contribution is -0.385. The van der Waals surface area contributed by atoms with Gasteiger partial charge < -0.3 is 9.64 Å². The van der Waals surface area contributed by atoms with Crippen LogP contribution in [0.1, 0.15) is 15.9 Å². The van der Waals surface area contributed by atoms with Crippen molar-refractivity contribution in [2.45, 2.75) is 0 Å². The van der Waals surface area contributed by atoms with Crippen molar-refractivity contribution in [3.8, 4) is 17.6 Å². The molecule has 0 aliphatic rings. The average molecular weight is 311 g/mol. The van der Waals surface area contributed by atoms with Crippen molar-refractivity contribution in [1.29, 1.82) is 5.26 Å². The van der Waals surface area contributed by atoms with Crippen molar-refractivity contribution < 1.29 is 14.5 Å². The van der Waals surface area contributed by atoms with Crippen LogP contribution < -0.4 is 4.74 Å². The Kier molecular flexibility index (Phi) is 4.57. The topological polar surface area (TPSA) is 96.5 Å². The summed E-state index contributed by atoms with van der Waals surface area (Å²) in [6.07, 6.45) is 0. The van der Waals surface area contributed by atoms with E-state index in [1.807, 2.05) is 6.07 Å². The predicted octanol–water partition coefficient (Wildman–Crippen LogP) is 2.96. The molecule has 23 heavy (non-hydrogen) atoms. The second-order valence-electron chi connectivity index (χ2n) is 4.88. The summed E-state index contributed by atoms with van der Waals surface area (Å²) in [6, 6.07) is 12.1. The van der Waals surface area contributed by atoms with Crippen LogP contribution in [-0.4, -0.2) is 29.8 Å². The fourth-order valence-electron chi connectivity index (χ4n) is 1.87. The molecule has 0 aromatic heterocycles. The number of carbonyl (C=O) groups excluding carboxylic acids is 1. The third-order valence-corrected chi connectivity index (χ3v) is 3.02. The van der Waals surface area contributed by atoms with Crippen LogP contribution in [0.2, 0.25) is 0 Å². The van der Waals surface area contributed by atoms with E-state index in [0.29, 0.717) is 11.3 Å². The van der Waals surface area contributed by atoms with Gasteiger partial charge in [-0.3, -0.25) is 14.9 Å². The zero-order valence-electron chi connectivity index (χ0n) is 12.5. The van der Waals surface area contributed by atoms with Gasteiger partial charge in [-0.25, -0.2) is 0 Å². The van der Waals surface area contributed by atoms with Gasteiger partial charge >= 0.3 is 5.69 Å². The Balaban J connectivity index is 2.28. The molecule has 0 saturated heterocycles. The van der Waals surface area contributed by atoms with Crippen LogP contribution in [0.15, 0.2) is 42.5 Å². The minimum Gasteiger partial charge on any atom is -0.450 e. The van der Waals surface area contributed by atoms with E-state index in [1.54, 1.807) is 38.4 Å². The molecule has 2 aromatic carbocycles. The molecular weight excluding hydrogens is 298 g/mol. The first-order valence-corrected chi connectivity index (χ1v) is 6.60. The summed E-state index contributed by atoms with van der Waals surface area (Å²) in [6.45, 7) is 0. The molecule has 0 N–H and O–H groups in total. The maximum Gasteiger partial charge on any atom is 0.312 e. The van der Waals surface area contributed by atoms with Crippen molar-refractivity contribution in [1.82, 2.24) is 4.90 Å². The second-order valence-corrected chi connectivity index (χ2v) is 4.88. The summed E-state index contributed by atoms with van der Waals surface area (Å²) < 4.78 is 5.49. The Hall–Kier alpha value is -3.40. The summed E-state index contributed by atoms with van der Waals surface area (Å²) in [4.78, 5) is 23.7. The van der Waals surface area contributed by atoms with E-state index in [9.17, 15) is 14.9 Å². The number of rotatable bonds is 4. The summed E-state index contributed by atoms with van der Waals surface area (Å²) in [5, 5.41) is 19.9. The first kappa shape index (κ1) is 16.0. The number of hydrogen-bond acceptors (Lipinski definition) is 5. The van der Waals surface area contributed by atoms with Crippen molar-refractivity contribution in [2.75, 3.05) is 14.1 Å². The number of nitro groups is 1. The van der Waals surface area contributed by atoms with E-state index in [4.69, 9.17) is 10.00 Å². The number of nitriles is 1. The van der Waals surface area contributed by atoms with Crippen molar-refractivity contribution in [3.63, 3.8) is 0 Å². The molecule has 0 aliphatic carbocycles. The normalized spacial score (nSPS) is 9.78. The van der Waals surface area contributed by atoms with Crippen molar-refractivity contribution in [3.05, 3.63) is 63.7 Å². The fraction of sp³-hybridized carbons (Fsp3) is 0.125. The van der Waals surface area contributed by atoms with Gasteiger partial charge in [0.25, 0.3) is 5.91 Å². The highest BCUT2D eigenvalue weighted by molar-refractivity contribution is 5.93. The SMILES string of the molecule is CN(C)C(=O)c1ccc(Oc2ccc(C#N)cc2[N+](=O)[O-])cc1. The summed E-state index contributed by atoms with van der Waals surface area (Å²) >= 11 is 0. The van der Waals surface area contributed by atoms with Crippen LogP contribution >= 0.6 is 0 Å². The molecule has 0 unspecified atom stereocenters. The standard InChI is InChI=1S/C16H13N3O4/c1-18(2)16(20)12-4-6-13(7-5-12)23-15-8-3-11(10-17)9-14(15)19(21)22/h3-9H,1-2H3. The zero-order valence-corrected chi connectivity index (χ0v) is 12.5.